The van der Waals surface area contributed by atoms with Gasteiger partial charge in [-0.05, 0) is 24.3 Å². The molecular weight excluding hydrogens is 282 g/mol. The second-order valence-electron chi connectivity index (χ2n) is 4.02. The van der Waals surface area contributed by atoms with Crippen molar-refractivity contribution in [3.8, 4) is 11.5 Å². The molecule has 1 aromatic heterocycles. The van der Waals surface area contributed by atoms with Gasteiger partial charge in [0, 0.05) is 24.7 Å². The first-order valence-corrected chi connectivity index (χ1v) is 7.42. The molecule has 1 heterocycles. The molecule has 6 nitrogen and oxygen atoms in total. The zero-order chi connectivity index (χ0) is 14.8. The fourth-order valence-electron chi connectivity index (χ4n) is 1.53. The van der Waals surface area contributed by atoms with Gasteiger partial charge in [0.1, 0.15) is 17.1 Å². The van der Waals surface area contributed by atoms with E-state index in [1.165, 1.54) is 30.6 Å². The van der Waals surface area contributed by atoms with Gasteiger partial charge in [0.05, 0.1) is 4.90 Å². The predicted octanol–water partition coefficient (Wildman–Crippen LogP) is 1.98. The summed E-state index contributed by atoms with van der Waals surface area (Å²) in [5.74, 6) is -0.867. The first-order valence-electron chi connectivity index (χ1n) is 5.53. The van der Waals surface area contributed by atoms with Gasteiger partial charge in [0.25, 0.3) is 0 Å². The van der Waals surface area contributed by atoms with Crippen LogP contribution in [0, 0.1) is 0 Å². The van der Waals surface area contributed by atoms with Crippen molar-refractivity contribution in [1.82, 2.24) is 4.98 Å². The summed E-state index contributed by atoms with van der Waals surface area (Å²) in [4.78, 5) is 14.9. The van der Waals surface area contributed by atoms with Gasteiger partial charge in [-0.1, -0.05) is 0 Å². The number of rotatable bonds is 4. The molecule has 0 saturated carbocycles. The Labute approximate surface area is 115 Å². The number of carboxylic acid groups (broad SMARTS) is 1. The van der Waals surface area contributed by atoms with Gasteiger partial charge in [-0.2, -0.15) is 0 Å². The smallest absolute Gasteiger partial charge is 0.339 e. The van der Waals surface area contributed by atoms with Crippen molar-refractivity contribution in [3.63, 3.8) is 0 Å². The fraction of sp³-hybridized carbons (Fsp3) is 0.0769. The molecule has 20 heavy (non-hydrogen) atoms. The van der Waals surface area contributed by atoms with Crippen molar-refractivity contribution in [3.05, 3.63) is 48.3 Å². The van der Waals surface area contributed by atoms with Gasteiger partial charge < -0.3 is 9.84 Å². The Kier molecular flexibility index (Phi) is 3.71. The highest BCUT2D eigenvalue weighted by Crippen LogP contribution is 2.28. The van der Waals surface area contributed by atoms with Crippen molar-refractivity contribution in [2.24, 2.45) is 0 Å². The third kappa shape index (κ3) is 3.12. The highest BCUT2D eigenvalue weighted by atomic mass is 32.2. The van der Waals surface area contributed by atoms with E-state index in [0.29, 0.717) is 5.75 Å². The third-order valence-corrected chi connectivity index (χ3v) is 3.60. The van der Waals surface area contributed by atoms with Crippen LogP contribution in [0.2, 0.25) is 0 Å². The number of nitrogens with zero attached hydrogens (tertiary/aromatic N) is 1. The lowest BCUT2D eigenvalue weighted by atomic mass is 10.2. The zero-order valence-electron chi connectivity index (χ0n) is 10.5. The maximum atomic E-state index is 11.5. The maximum Gasteiger partial charge on any atom is 0.339 e. The van der Waals surface area contributed by atoms with Crippen LogP contribution in [0.5, 0.6) is 11.5 Å². The summed E-state index contributed by atoms with van der Waals surface area (Å²) in [7, 11) is -3.45. The molecule has 0 atom stereocenters. The van der Waals surface area contributed by atoms with E-state index in [1.54, 1.807) is 12.1 Å². The van der Waals surface area contributed by atoms with Gasteiger partial charge >= 0.3 is 5.97 Å². The average Bonchev–Trinajstić information content (AvgIpc) is 2.38. The van der Waals surface area contributed by atoms with Gasteiger partial charge in [0.2, 0.25) is 0 Å². The molecule has 2 aromatic rings. The van der Waals surface area contributed by atoms with Crippen LogP contribution in [0.15, 0.2) is 47.6 Å². The van der Waals surface area contributed by atoms with Crippen LogP contribution in [-0.2, 0) is 9.84 Å². The lowest BCUT2D eigenvalue weighted by molar-refractivity contribution is 0.0694. The predicted molar refractivity (Wildman–Crippen MR) is 70.8 cm³/mol. The van der Waals surface area contributed by atoms with Crippen molar-refractivity contribution in [1.29, 1.82) is 0 Å². The largest absolute Gasteiger partial charge is 0.478 e. The molecule has 104 valence electrons. The van der Waals surface area contributed by atoms with Gasteiger partial charge in [0.15, 0.2) is 9.84 Å². The molecule has 0 aliphatic heterocycles. The van der Waals surface area contributed by atoms with E-state index in [1.807, 2.05) is 0 Å². The SMILES string of the molecule is CS(=O)(=O)c1ccc(C(=O)O)c(Oc2ccncc2)c1. The Bertz CT molecular complexity index is 741. The Balaban J connectivity index is 2.50. The summed E-state index contributed by atoms with van der Waals surface area (Å²) >= 11 is 0. The first kappa shape index (κ1) is 14.0. The normalized spacial score (nSPS) is 11.1. The van der Waals surface area contributed by atoms with E-state index >= 15 is 0 Å². The number of hydrogen-bond acceptors (Lipinski definition) is 5. The summed E-state index contributed by atoms with van der Waals surface area (Å²) in [5.41, 5.74) is -0.116. The molecule has 1 aromatic carbocycles. The zero-order valence-corrected chi connectivity index (χ0v) is 11.3. The Morgan fingerprint density at radius 3 is 2.40 bits per heavy atom. The molecule has 0 fully saturated rings. The number of carboxylic acids is 1. The Morgan fingerprint density at radius 1 is 1.20 bits per heavy atom. The molecule has 0 aliphatic carbocycles. The number of aromatic carboxylic acids is 1. The van der Waals surface area contributed by atoms with E-state index in [4.69, 9.17) is 9.84 Å². The standard InChI is InChI=1S/C13H11NO5S/c1-20(17,18)10-2-3-11(13(15)16)12(8-10)19-9-4-6-14-7-5-9/h2-8H,1H3,(H,15,16). The van der Waals surface area contributed by atoms with E-state index in [-0.39, 0.29) is 16.2 Å². The van der Waals surface area contributed by atoms with Crippen LogP contribution < -0.4 is 4.74 Å². The second-order valence-corrected chi connectivity index (χ2v) is 6.04. The third-order valence-electron chi connectivity index (χ3n) is 2.49. The first-order chi connectivity index (χ1) is 9.38. The topological polar surface area (TPSA) is 93.6 Å². The van der Waals surface area contributed by atoms with Crippen molar-refractivity contribution < 1.29 is 23.1 Å². The van der Waals surface area contributed by atoms with E-state index in [2.05, 4.69) is 4.98 Å². The van der Waals surface area contributed by atoms with E-state index < -0.39 is 15.8 Å². The maximum absolute atomic E-state index is 11.5. The van der Waals surface area contributed by atoms with Gasteiger partial charge in [-0.15, -0.1) is 0 Å². The molecule has 0 amide bonds. The minimum atomic E-state index is -3.45. The van der Waals surface area contributed by atoms with E-state index in [0.717, 1.165) is 6.26 Å². The van der Waals surface area contributed by atoms with Crippen LogP contribution in [-0.4, -0.2) is 30.7 Å². The highest BCUT2D eigenvalue weighted by Gasteiger charge is 2.16. The lowest BCUT2D eigenvalue weighted by Gasteiger charge is -2.10. The van der Waals surface area contributed by atoms with Crippen LogP contribution in [0.4, 0.5) is 0 Å². The fourth-order valence-corrected chi connectivity index (χ4v) is 2.16. The quantitative estimate of drug-likeness (QED) is 0.926. The lowest BCUT2D eigenvalue weighted by Crippen LogP contribution is -2.03. The van der Waals surface area contributed by atoms with Gasteiger partial charge in [-0.3, -0.25) is 4.98 Å². The van der Waals surface area contributed by atoms with Crippen molar-refractivity contribution in [2.45, 2.75) is 4.90 Å². The number of aromatic nitrogens is 1. The summed E-state index contributed by atoms with van der Waals surface area (Å²) in [6.45, 7) is 0. The highest BCUT2D eigenvalue weighted by molar-refractivity contribution is 7.90. The van der Waals surface area contributed by atoms with Crippen LogP contribution in [0.1, 0.15) is 10.4 Å². The Morgan fingerprint density at radius 2 is 1.85 bits per heavy atom. The number of sulfone groups is 1. The summed E-state index contributed by atoms with van der Waals surface area (Å²) in [6.07, 6.45) is 4.01. The average molecular weight is 293 g/mol. The van der Waals surface area contributed by atoms with Crippen LogP contribution in [0.3, 0.4) is 0 Å². The van der Waals surface area contributed by atoms with E-state index in [9.17, 15) is 13.2 Å². The summed E-state index contributed by atoms with van der Waals surface area (Å²) in [5, 5.41) is 9.10. The Hall–Kier alpha value is -2.41. The summed E-state index contributed by atoms with van der Waals surface area (Å²) < 4.78 is 28.4. The minimum absolute atomic E-state index is 0.00782. The molecule has 0 spiro atoms. The number of ether oxygens (including phenoxy) is 1. The molecule has 1 N–H and O–H groups in total. The molecule has 2 rings (SSSR count). The van der Waals surface area contributed by atoms with Crippen molar-refractivity contribution in [2.75, 3.05) is 6.26 Å². The molecule has 0 radical (unpaired) electrons. The molecule has 0 bridgehead atoms. The van der Waals surface area contributed by atoms with Crippen LogP contribution >= 0.6 is 0 Å². The van der Waals surface area contributed by atoms with Crippen LogP contribution in [0.25, 0.3) is 0 Å². The summed E-state index contributed by atoms with van der Waals surface area (Å²) in [6, 6.07) is 6.71. The monoisotopic (exact) mass is 293 g/mol. The molecule has 0 unspecified atom stereocenters. The number of hydrogen-bond donors (Lipinski definition) is 1. The van der Waals surface area contributed by atoms with Crippen molar-refractivity contribution >= 4 is 15.8 Å². The van der Waals surface area contributed by atoms with Gasteiger partial charge in [-0.25, -0.2) is 13.2 Å². The number of benzene rings is 1. The molecular formula is C13H11NO5S. The second kappa shape index (κ2) is 5.30. The molecule has 0 saturated heterocycles. The number of pyridine rings is 1. The minimum Gasteiger partial charge on any atom is -0.478 e. The number of carbonyl (C=O) groups is 1. The molecule has 7 heteroatoms. The molecule has 0 aliphatic rings.